The summed E-state index contributed by atoms with van der Waals surface area (Å²) < 4.78 is 10.7. The summed E-state index contributed by atoms with van der Waals surface area (Å²) in [4.78, 5) is 0. The Morgan fingerprint density at radius 2 is 2.31 bits per heavy atom. The number of hydrogen-bond donors (Lipinski definition) is 0. The van der Waals surface area contributed by atoms with Gasteiger partial charge in [0.1, 0.15) is 5.76 Å². The normalized spacial score (nSPS) is 25.9. The molecule has 2 heteroatoms. The SMILES string of the molecule is CC(C)CC1C=CC2=C(C1)OCO2. The van der Waals surface area contributed by atoms with Gasteiger partial charge >= 0.3 is 0 Å². The van der Waals surface area contributed by atoms with E-state index in [9.17, 15) is 0 Å². The lowest BCUT2D eigenvalue weighted by molar-refractivity contribution is 0.0715. The predicted octanol–water partition coefficient (Wildman–Crippen LogP) is 2.82. The summed E-state index contributed by atoms with van der Waals surface area (Å²) in [6, 6.07) is 0. The van der Waals surface area contributed by atoms with Crippen LogP contribution in [0, 0.1) is 11.8 Å². The summed E-state index contributed by atoms with van der Waals surface area (Å²) in [6.07, 6.45) is 6.55. The van der Waals surface area contributed by atoms with E-state index < -0.39 is 0 Å². The second-order valence-corrected chi connectivity index (χ2v) is 4.15. The molecule has 1 atom stereocenters. The Balaban J connectivity index is 1.97. The molecule has 0 radical (unpaired) electrons. The fraction of sp³-hybridized carbons (Fsp3) is 0.636. The van der Waals surface area contributed by atoms with Crippen molar-refractivity contribution >= 4 is 0 Å². The Labute approximate surface area is 79.2 Å². The quantitative estimate of drug-likeness (QED) is 0.650. The molecule has 0 saturated heterocycles. The molecule has 0 spiro atoms. The van der Waals surface area contributed by atoms with Crippen molar-refractivity contribution in [3.05, 3.63) is 23.7 Å². The summed E-state index contributed by atoms with van der Waals surface area (Å²) >= 11 is 0. The molecule has 0 bridgehead atoms. The highest BCUT2D eigenvalue weighted by atomic mass is 16.7. The standard InChI is InChI=1S/C11H16O2/c1-8(2)5-9-3-4-10-11(6-9)13-7-12-10/h3-4,8-9H,5-7H2,1-2H3. The van der Waals surface area contributed by atoms with E-state index in [4.69, 9.17) is 9.47 Å². The summed E-state index contributed by atoms with van der Waals surface area (Å²) in [7, 11) is 0. The highest BCUT2D eigenvalue weighted by Crippen LogP contribution is 2.32. The number of hydrogen-bond acceptors (Lipinski definition) is 2. The lowest BCUT2D eigenvalue weighted by Crippen LogP contribution is -2.07. The number of rotatable bonds is 2. The molecule has 1 heterocycles. The summed E-state index contributed by atoms with van der Waals surface area (Å²) in [5.74, 6) is 3.38. The summed E-state index contributed by atoms with van der Waals surface area (Å²) in [5.41, 5.74) is 0. The molecular weight excluding hydrogens is 164 g/mol. The molecular formula is C11H16O2. The second kappa shape index (κ2) is 3.44. The van der Waals surface area contributed by atoms with Crippen LogP contribution in [0.15, 0.2) is 23.7 Å². The third-order valence-electron chi connectivity index (χ3n) is 2.46. The molecule has 13 heavy (non-hydrogen) atoms. The monoisotopic (exact) mass is 180 g/mol. The van der Waals surface area contributed by atoms with Crippen LogP contribution in [0.3, 0.4) is 0 Å². The molecule has 0 amide bonds. The Hall–Kier alpha value is -0.920. The maximum atomic E-state index is 5.37. The van der Waals surface area contributed by atoms with E-state index in [0.717, 1.165) is 23.9 Å². The largest absolute Gasteiger partial charge is 0.458 e. The molecule has 2 nitrogen and oxygen atoms in total. The van der Waals surface area contributed by atoms with Crippen LogP contribution < -0.4 is 0 Å². The van der Waals surface area contributed by atoms with Crippen LogP contribution in [-0.4, -0.2) is 6.79 Å². The van der Waals surface area contributed by atoms with Crippen molar-refractivity contribution in [3.63, 3.8) is 0 Å². The van der Waals surface area contributed by atoms with Crippen molar-refractivity contribution in [2.24, 2.45) is 11.8 Å². The van der Waals surface area contributed by atoms with E-state index in [2.05, 4.69) is 26.0 Å². The van der Waals surface area contributed by atoms with Gasteiger partial charge in [-0.05, 0) is 24.3 Å². The molecule has 0 saturated carbocycles. The summed E-state index contributed by atoms with van der Waals surface area (Å²) in [5, 5.41) is 0. The maximum Gasteiger partial charge on any atom is 0.230 e. The van der Waals surface area contributed by atoms with Crippen molar-refractivity contribution < 1.29 is 9.47 Å². The van der Waals surface area contributed by atoms with Crippen molar-refractivity contribution in [1.82, 2.24) is 0 Å². The topological polar surface area (TPSA) is 18.5 Å². The first kappa shape index (κ1) is 8.67. The molecule has 1 aliphatic carbocycles. The van der Waals surface area contributed by atoms with E-state index in [1.807, 2.05) is 0 Å². The van der Waals surface area contributed by atoms with Gasteiger partial charge in [0.05, 0.1) is 0 Å². The minimum absolute atomic E-state index is 0.406. The van der Waals surface area contributed by atoms with Crippen LogP contribution in [0.25, 0.3) is 0 Å². The van der Waals surface area contributed by atoms with E-state index in [0.29, 0.717) is 12.7 Å². The fourth-order valence-corrected chi connectivity index (χ4v) is 1.91. The third-order valence-corrected chi connectivity index (χ3v) is 2.46. The molecule has 2 rings (SSSR count). The minimum atomic E-state index is 0.406. The van der Waals surface area contributed by atoms with E-state index >= 15 is 0 Å². The zero-order valence-electron chi connectivity index (χ0n) is 8.25. The van der Waals surface area contributed by atoms with Gasteiger partial charge in [-0.2, -0.15) is 0 Å². The highest BCUT2D eigenvalue weighted by molar-refractivity contribution is 5.24. The molecule has 0 fully saturated rings. The summed E-state index contributed by atoms with van der Waals surface area (Å²) in [6.45, 7) is 4.91. The van der Waals surface area contributed by atoms with Crippen LogP contribution in [0.4, 0.5) is 0 Å². The van der Waals surface area contributed by atoms with Crippen LogP contribution >= 0.6 is 0 Å². The molecule has 72 valence electrons. The van der Waals surface area contributed by atoms with Gasteiger partial charge in [-0.1, -0.05) is 19.9 Å². The smallest absolute Gasteiger partial charge is 0.230 e. The molecule has 1 aliphatic heterocycles. The average molecular weight is 180 g/mol. The predicted molar refractivity (Wildman–Crippen MR) is 50.8 cm³/mol. The van der Waals surface area contributed by atoms with Gasteiger partial charge in [0, 0.05) is 6.42 Å². The van der Waals surface area contributed by atoms with Crippen molar-refractivity contribution in [2.45, 2.75) is 26.7 Å². The van der Waals surface area contributed by atoms with Gasteiger partial charge in [0.2, 0.25) is 6.79 Å². The van der Waals surface area contributed by atoms with Gasteiger partial charge in [-0.3, -0.25) is 0 Å². The van der Waals surface area contributed by atoms with Gasteiger partial charge in [0.15, 0.2) is 5.76 Å². The average Bonchev–Trinajstić information content (AvgIpc) is 2.49. The van der Waals surface area contributed by atoms with Gasteiger partial charge in [-0.15, -0.1) is 0 Å². The maximum absolute atomic E-state index is 5.37. The van der Waals surface area contributed by atoms with E-state index in [1.54, 1.807) is 0 Å². The van der Waals surface area contributed by atoms with Crippen molar-refractivity contribution in [3.8, 4) is 0 Å². The fourth-order valence-electron chi connectivity index (χ4n) is 1.91. The van der Waals surface area contributed by atoms with Crippen LogP contribution in [-0.2, 0) is 9.47 Å². The number of allylic oxidation sites excluding steroid dienone is 3. The number of ether oxygens (including phenoxy) is 2. The molecule has 0 aromatic heterocycles. The first-order chi connectivity index (χ1) is 6.25. The molecule has 0 N–H and O–H groups in total. The lowest BCUT2D eigenvalue weighted by Gasteiger charge is -2.17. The highest BCUT2D eigenvalue weighted by Gasteiger charge is 2.23. The first-order valence-corrected chi connectivity index (χ1v) is 4.92. The van der Waals surface area contributed by atoms with Gasteiger partial charge in [-0.25, -0.2) is 0 Å². The van der Waals surface area contributed by atoms with Gasteiger partial charge < -0.3 is 9.47 Å². The van der Waals surface area contributed by atoms with Crippen LogP contribution in [0.5, 0.6) is 0 Å². The van der Waals surface area contributed by atoms with Crippen molar-refractivity contribution in [2.75, 3.05) is 6.79 Å². The lowest BCUT2D eigenvalue weighted by atomic mass is 9.90. The Morgan fingerprint density at radius 1 is 1.46 bits per heavy atom. The molecule has 0 aromatic carbocycles. The van der Waals surface area contributed by atoms with E-state index in [-0.39, 0.29) is 0 Å². The Bertz CT molecular complexity index is 251. The minimum Gasteiger partial charge on any atom is -0.458 e. The molecule has 1 unspecified atom stereocenters. The van der Waals surface area contributed by atoms with Gasteiger partial charge in [0.25, 0.3) is 0 Å². The Kier molecular flexibility index (Phi) is 2.30. The second-order valence-electron chi connectivity index (χ2n) is 4.15. The van der Waals surface area contributed by atoms with Crippen LogP contribution in [0.2, 0.25) is 0 Å². The molecule has 2 aliphatic rings. The van der Waals surface area contributed by atoms with Crippen LogP contribution in [0.1, 0.15) is 26.7 Å². The van der Waals surface area contributed by atoms with E-state index in [1.165, 1.54) is 6.42 Å². The zero-order chi connectivity index (χ0) is 9.26. The van der Waals surface area contributed by atoms with Crippen molar-refractivity contribution in [1.29, 1.82) is 0 Å². The first-order valence-electron chi connectivity index (χ1n) is 4.92. The Morgan fingerprint density at radius 3 is 3.08 bits per heavy atom. The zero-order valence-corrected chi connectivity index (χ0v) is 8.25. The molecule has 0 aromatic rings. The third kappa shape index (κ3) is 1.87.